The highest BCUT2D eigenvalue weighted by molar-refractivity contribution is 5.94. The number of rotatable bonds is 6. The van der Waals surface area contributed by atoms with Crippen molar-refractivity contribution in [2.75, 3.05) is 23.3 Å². The first kappa shape index (κ1) is 26.1. The molecule has 198 valence electrons. The number of para-hydroxylation sites is 1. The molecule has 7 nitrogen and oxygen atoms in total. The van der Waals surface area contributed by atoms with Gasteiger partial charge in [0, 0.05) is 36.2 Å². The molecule has 0 unspecified atom stereocenters. The lowest BCUT2D eigenvalue weighted by atomic mass is 9.74. The van der Waals surface area contributed by atoms with E-state index in [1.165, 1.54) is 0 Å². The SMILES string of the molecule is Cc1cc([C@H](C)Nc2ccccc2C(=O)O)c2cc(N3CCC(C#N)(c4ccccc4)CC3)c(C)c(=O)n2c1. The highest BCUT2D eigenvalue weighted by Gasteiger charge is 2.37. The summed E-state index contributed by atoms with van der Waals surface area (Å²) in [4.78, 5) is 27.6. The van der Waals surface area contributed by atoms with Crippen LogP contribution in [-0.4, -0.2) is 28.6 Å². The number of nitriles is 1. The highest BCUT2D eigenvalue weighted by atomic mass is 16.4. The topological polar surface area (TPSA) is 97.8 Å². The Morgan fingerprint density at radius 1 is 1.05 bits per heavy atom. The fourth-order valence-electron chi connectivity index (χ4n) is 5.75. The van der Waals surface area contributed by atoms with Crippen molar-refractivity contribution in [1.29, 1.82) is 5.26 Å². The summed E-state index contributed by atoms with van der Waals surface area (Å²) in [6.45, 7) is 7.12. The zero-order valence-electron chi connectivity index (χ0n) is 22.4. The second-order valence-electron chi connectivity index (χ2n) is 10.5. The Morgan fingerprint density at radius 2 is 1.72 bits per heavy atom. The van der Waals surface area contributed by atoms with Crippen molar-refractivity contribution in [1.82, 2.24) is 4.40 Å². The predicted octanol–water partition coefficient (Wildman–Crippen LogP) is 5.85. The number of nitrogens with zero attached hydrogens (tertiary/aromatic N) is 3. The maximum atomic E-state index is 13.6. The Hall–Kier alpha value is -4.57. The van der Waals surface area contributed by atoms with Crippen molar-refractivity contribution >= 4 is 22.9 Å². The molecule has 0 bridgehead atoms. The maximum absolute atomic E-state index is 13.6. The molecule has 1 atom stereocenters. The summed E-state index contributed by atoms with van der Waals surface area (Å²) in [7, 11) is 0. The summed E-state index contributed by atoms with van der Waals surface area (Å²) in [6.07, 6.45) is 3.20. The van der Waals surface area contributed by atoms with E-state index in [1.54, 1.807) is 28.7 Å². The molecule has 3 heterocycles. The molecule has 4 aromatic rings. The number of carboxylic acid groups (broad SMARTS) is 1. The van der Waals surface area contributed by atoms with E-state index in [2.05, 4.69) is 22.4 Å². The lowest BCUT2D eigenvalue weighted by Gasteiger charge is -2.39. The third-order valence-corrected chi connectivity index (χ3v) is 7.96. The number of hydrogen-bond acceptors (Lipinski definition) is 5. The molecule has 1 aliphatic rings. The van der Waals surface area contributed by atoms with Gasteiger partial charge in [-0.1, -0.05) is 48.5 Å². The van der Waals surface area contributed by atoms with E-state index in [0.717, 1.165) is 27.9 Å². The minimum Gasteiger partial charge on any atom is -0.478 e. The molecular formula is C32H32N4O3. The Balaban J connectivity index is 1.52. The van der Waals surface area contributed by atoms with Crippen LogP contribution in [0, 0.1) is 25.2 Å². The zero-order chi connectivity index (χ0) is 27.7. The van der Waals surface area contributed by atoms with Gasteiger partial charge in [-0.2, -0.15) is 5.26 Å². The van der Waals surface area contributed by atoms with E-state index >= 15 is 0 Å². The molecule has 0 amide bonds. The minimum atomic E-state index is -0.998. The summed E-state index contributed by atoms with van der Waals surface area (Å²) >= 11 is 0. The molecule has 1 fully saturated rings. The molecule has 2 aromatic heterocycles. The molecule has 0 spiro atoms. The van der Waals surface area contributed by atoms with Gasteiger partial charge >= 0.3 is 5.97 Å². The molecule has 0 radical (unpaired) electrons. The largest absolute Gasteiger partial charge is 0.478 e. The van der Waals surface area contributed by atoms with Crippen LogP contribution >= 0.6 is 0 Å². The maximum Gasteiger partial charge on any atom is 0.337 e. The van der Waals surface area contributed by atoms with E-state index in [1.807, 2.05) is 63.4 Å². The Kier molecular flexibility index (Phi) is 6.88. The molecule has 2 N–H and O–H groups in total. The first-order valence-electron chi connectivity index (χ1n) is 13.2. The molecule has 1 saturated heterocycles. The van der Waals surface area contributed by atoms with Crippen LogP contribution in [0.2, 0.25) is 0 Å². The number of hydrogen-bond donors (Lipinski definition) is 2. The number of aromatic carboxylic acids is 1. The van der Waals surface area contributed by atoms with E-state index in [-0.39, 0.29) is 17.2 Å². The number of anilines is 2. The summed E-state index contributed by atoms with van der Waals surface area (Å²) in [5.74, 6) is -0.998. The van der Waals surface area contributed by atoms with Crippen molar-refractivity contribution in [3.05, 3.63) is 111 Å². The molecular weight excluding hydrogens is 488 g/mol. The monoisotopic (exact) mass is 520 g/mol. The van der Waals surface area contributed by atoms with Crippen LogP contribution in [-0.2, 0) is 5.41 Å². The van der Waals surface area contributed by atoms with Crippen molar-refractivity contribution < 1.29 is 9.90 Å². The van der Waals surface area contributed by atoms with E-state index in [9.17, 15) is 20.0 Å². The molecule has 7 heteroatoms. The third kappa shape index (κ3) is 4.74. The average molecular weight is 521 g/mol. The van der Waals surface area contributed by atoms with Gasteiger partial charge in [0.05, 0.1) is 28.6 Å². The predicted molar refractivity (Wildman–Crippen MR) is 154 cm³/mol. The van der Waals surface area contributed by atoms with Gasteiger partial charge in [0.2, 0.25) is 0 Å². The summed E-state index contributed by atoms with van der Waals surface area (Å²) < 4.78 is 1.69. The molecule has 5 rings (SSSR count). The molecule has 2 aromatic carbocycles. The van der Waals surface area contributed by atoms with Crippen LogP contribution in [0.15, 0.2) is 77.7 Å². The quantitative estimate of drug-likeness (QED) is 0.331. The Morgan fingerprint density at radius 3 is 2.38 bits per heavy atom. The summed E-state index contributed by atoms with van der Waals surface area (Å²) in [5, 5.41) is 23.1. The molecule has 0 saturated carbocycles. The van der Waals surface area contributed by atoms with Crippen molar-refractivity contribution in [2.24, 2.45) is 0 Å². The number of aryl methyl sites for hydroxylation is 1. The molecule has 39 heavy (non-hydrogen) atoms. The van der Waals surface area contributed by atoms with Gasteiger partial charge in [0.1, 0.15) is 0 Å². The third-order valence-electron chi connectivity index (χ3n) is 7.96. The molecule has 1 aliphatic heterocycles. The number of piperidine rings is 1. The van der Waals surface area contributed by atoms with Gasteiger partial charge < -0.3 is 15.3 Å². The van der Waals surface area contributed by atoms with Crippen LogP contribution in [0.5, 0.6) is 0 Å². The highest BCUT2D eigenvalue weighted by Crippen LogP contribution is 2.37. The van der Waals surface area contributed by atoms with Gasteiger partial charge in [-0.05, 0) is 68.5 Å². The smallest absolute Gasteiger partial charge is 0.337 e. The van der Waals surface area contributed by atoms with Crippen LogP contribution in [0.1, 0.15) is 58.4 Å². The van der Waals surface area contributed by atoms with Gasteiger partial charge in [0.25, 0.3) is 5.56 Å². The number of pyridine rings is 2. The number of nitrogens with one attached hydrogen (secondary N) is 1. The Bertz CT molecular complexity index is 1640. The number of carboxylic acids is 1. The standard InChI is InChI=1S/C32H32N4O3/c1-21-17-26(23(3)34-27-12-8-7-11-25(27)31(38)39)29-18-28(22(2)30(37)36(29)19-21)35-15-13-32(20-33,14-16-35)24-9-5-4-6-10-24/h4-12,17-19,23,34H,13-16H2,1-3H3,(H,38,39)/t23-/m0/s1. The second-order valence-corrected chi connectivity index (χ2v) is 10.5. The van der Waals surface area contributed by atoms with Crippen LogP contribution < -0.4 is 15.8 Å². The van der Waals surface area contributed by atoms with Crippen LogP contribution in [0.25, 0.3) is 5.52 Å². The van der Waals surface area contributed by atoms with Gasteiger partial charge in [-0.15, -0.1) is 0 Å². The fourth-order valence-corrected chi connectivity index (χ4v) is 5.75. The number of carbonyl (C=O) groups is 1. The normalized spacial score (nSPS) is 15.5. The zero-order valence-corrected chi connectivity index (χ0v) is 22.4. The summed E-state index contributed by atoms with van der Waals surface area (Å²) in [6, 6.07) is 23.2. The van der Waals surface area contributed by atoms with Gasteiger partial charge in [-0.3, -0.25) is 9.20 Å². The van der Waals surface area contributed by atoms with E-state index in [4.69, 9.17) is 0 Å². The first-order valence-corrected chi connectivity index (χ1v) is 13.2. The first-order chi connectivity index (χ1) is 18.7. The summed E-state index contributed by atoms with van der Waals surface area (Å²) in [5.41, 5.74) is 5.32. The second kappa shape index (κ2) is 10.3. The van der Waals surface area contributed by atoms with E-state index in [0.29, 0.717) is 37.2 Å². The lowest BCUT2D eigenvalue weighted by molar-refractivity contribution is 0.0698. The average Bonchev–Trinajstić information content (AvgIpc) is 2.95. The number of fused-ring (bicyclic) bond motifs is 1. The number of benzene rings is 2. The molecule has 0 aliphatic carbocycles. The van der Waals surface area contributed by atoms with Gasteiger partial charge in [-0.25, -0.2) is 4.79 Å². The Labute approximate surface area is 228 Å². The number of aromatic nitrogens is 1. The van der Waals surface area contributed by atoms with Crippen molar-refractivity contribution in [2.45, 2.75) is 45.1 Å². The van der Waals surface area contributed by atoms with Crippen molar-refractivity contribution in [3.63, 3.8) is 0 Å². The van der Waals surface area contributed by atoms with E-state index < -0.39 is 11.4 Å². The van der Waals surface area contributed by atoms with Gasteiger partial charge in [0.15, 0.2) is 0 Å². The fraction of sp³-hybridized carbons (Fsp3) is 0.281. The van der Waals surface area contributed by atoms with Crippen LogP contribution in [0.4, 0.5) is 11.4 Å². The minimum absolute atomic E-state index is 0.0780. The van der Waals surface area contributed by atoms with Crippen LogP contribution in [0.3, 0.4) is 0 Å². The van der Waals surface area contributed by atoms with Crippen molar-refractivity contribution in [3.8, 4) is 6.07 Å². The lowest BCUT2D eigenvalue weighted by Crippen LogP contribution is -2.42.